The van der Waals surface area contributed by atoms with Crippen molar-refractivity contribution in [3.63, 3.8) is 0 Å². The Morgan fingerprint density at radius 1 is 1.24 bits per heavy atom. The zero-order valence-corrected chi connectivity index (χ0v) is 20.8. The van der Waals surface area contributed by atoms with Gasteiger partial charge in [0.1, 0.15) is 12.4 Å². The van der Waals surface area contributed by atoms with E-state index >= 15 is 0 Å². The lowest BCUT2D eigenvalue weighted by molar-refractivity contribution is -0.127. The molecule has 2 aromatic rings. The van der Waals surface area contributed by atoms with E-state index in [1.165, 1.54) is 35.5 Å². The number of benzene rings is 2. The molecule has 1 fully saturated rings. The number of rotatable bonds is 4. The molecule has 2 aliphatic heterocycles. The maximum atomic E-state index is 13.1. The smallest absolute Gasteiger partial charge is 0.294 e. The van der Waals surface area contributed by atoms with Gasteiger partial charge in [0.25, 0.3) is 11.1 Å². The second-order valence-electron chi connectivity index (χ2n) is 9.57. The molecular weight excluding hydrogens is 453 g/mol. The topological polar surface area (TPSA) is 69.7 Å². The third kappa shape index (κ3) is 4.59. The summed E-state index contributed by atoms with van der Waals surface area (Å²) in [6, 6.07) is 9.52. The molecule has 6 nitrogen and oxygen atoms in total. The van der Waals surface area contributed by atoms with Crippen LogP contribution in [0.25, 0.3) is 6.08 Å². The fraction of sp³-hybridized carbons (Fsp3) is 0.346. The number of fused-ring (bicyclic) bond motifs is 1. The number of imide groups is 1. The van der Waals surface area contributed by atoms with Crippen LogP contribution in [0, 0.1) is 12.7 Å². The van der Waals surface area contributed by atoms with E-state index in [1.807, 2.05) is 6.92 Å². The maximum absolute atomic E-state index is 13.1. The van der Waals surface area contributed by atoms with Crippen molar-refractivity contribution in [2.75, 3.05) is 23.8 Å². The van der Waals surface area contributed by atoms with Gasteiger partial charge in [-0.05, 0) is 104 Å². The van der Waals surface area contributed by atoms with Gasteiger partial charge in [0.15, 0.2) is 0 Å². The molecule has 4 rings (SSSR count). The highest BCUT2D eigenvalue weighted by Crippen LogP contribution is 2.44. The minimum atomic E-state index is -0.528. The second-order valence-corrected chi connectivity index (χ2v) is 10.6. The van der Waals surface area contributed by atoms with E-state index in [4.69, 9.17) is 0 Å². The van der Waals surface area contributed by atoms with Crippen LogP contribution >= 0.6 is 11.8 Å². The average molecular weight is 482 g/mol. The van der Waals surface area contributed by atoms with Crippen LogP contribution in [-0.2, 0) is 9.59 Å². The summed E-state index contributed by atoms with van der Waals surface area (Å²) in [6.07, 6.45) is 2.75. The van der Waals surface area contributed by atoms with Gasteiger partial charge in [0.2, 0.25) is 5.91 Å². The molecule has 0 bridgehead atoms. The van der Waals surface area contributed by atoms with Crippen molar-refractivity contribution >= 4 is 46.3 Å². The third-order valence-electron chi connectivity index (χ3n) is 6.61. The van der Waals surface area contributed by atoms with Crippen molar-refractivity contribution < 1.29 is 18.8 Å². The van der Waals surface area contributed by atoms with E-state index in [1.54, 1.807) is 6.08 Å². The van der Waals surface area contributed by atoms with E-state index in [0.29, 0.717) is 16.5 Å². The molecular formula is C26H28FN3O3S. The maximum Gasteiger partial charge on any atom is 0.294 e. The summed E-state index contributed by atoms with van der Waals surface area (Å²) < 4.78 is 13.1. The highest BCUT2D eigenvalue weighted by atomic mass is 32.2. The van der Waals surface area contributed by atoms with Crippen LogP contribution in [0.1, 0.15) is 49.8 Å². The number of nitrogens with zero attached hydrogens (tertiary/aromatic N) is 2. The van der Waals surface area contributed by atoms with Crippen molar-refractivity contribution in [2.24, 2.45) is 0 Å². The Labute approximate surface area is 203 Å². The molecule has 1 saturated heterocycles. The quantitative estimate of drug-likeness (QED) is 0.582. The number of halogens is 1. The SMILES string of the molecule is Cc1cc2c(cc1/C=C1/SC(=O)N(CC(=O)Nc3ccc(F)cc3)C1=O)C(C)CC(C)(C)N2C. The van der Waals surface area contributed by atoms with Gasteiger partial charge >= 0.3 is 0 Å². The molecule has 0 radical (unpaired) electrons. The monoisotopic (exact) mass is 481 g/mol. The number of carbonyl (C=O) groups excluding carboxylic acids is 3. The number of hydrogen-bond acceptors (Lipinski definition) is 5. The standard InChI is InChI=1S/C26H28FN3O3S/c1-15-10-21-20(16(2)13-26(3,4)29(21)5)11-17(15)12-22-24(32)30(25(33)34-22)14-23(31)28-19-8-6-18(27)7-9-19/h6-12,16H,13-14H2,1-5H3,(H,28,31)/b22-12+. The van der Waals surface area contributed by atoms with Gasteiger partial charge in [-0.1, -0.05) is 6.92 Å². The van der Waals surface area contributed by atoms with Gasteiger partial charge in [-0.25, -0.2) is 4.39 Å². The lowest BCUT2D eigenvalue weighted by Crippen LogP contribution is -2.45. The predicted molar refractivity (Wildman–Crippen MR) is 134 cm³/mol. The van der Waals surface area contributed by atoms with Crippen molar-refractivity contribution in [3.8, 4) is 0 Å². The van der Waals surface area contributed by atoms with Crippen molar-refractivity contribution in [3.05, 3.63) is 63.8 Å². The van der Waals surface area contributed by atoms with Crippen LogP contribution in [0.3, 0.4) is 0 Å². The highest BCUT2D eigenvalue weighted by molar-refractivity contribution is 8.18. The number of nitrogens with one attached hydrogen (secondary N) is 1. The van der Waals surface area contributed by atoms with E-state index in [9.17, 15) is 18.8 Å². The van der Waals surface area contributed by atoms with E-state index in [-0.39, 0.29) is 5.54 Å². The van der Waals surface area contributed by atoms with Crippen LogP contribution in [0.2, 0.25) is 0 Å². The third-order valence-corrected chi connectivity index (χ3v) is 7.52. The van der Waals surface area contributed by atoms with E-state index in [2.05, 4.69) is 50.2 Å². The van der Waals surface area contributed by atoms with Gasteiger partial charge in [-0.3, -0.25) is 19.3 Å². The fourth-order valence-corrected chi connectivity index (χ4v) is 5.37. The Morgan fingerprint density at radius 3 is 2.59 bits per heavy atom. The molecule has 1 atom stereocenters. The summed E-state index contributed by atoms with van der Waals surface area (Å²) in [5, 5.41) is 2.09. The first-order valence-corrected chi connectivity index (χ1v) is 12.0. The molecule has 8 heteroatoms. The van der Waals surface area contributed by atoms with Crippen molar-refractivity contribution in [1.29, 1.82) is 0 Å². The summed E-state index contributed by atoms with van der Waals surface area (Å²) in [4.78, 5) is 41.3. The molecule has 3 amide bonds. The molecule has 0 saturated carbocycles. The summed E-state index contributed by atoms with van der Waals surface area (Å²) in [5.74, 6) is -1.08. The predicted octanol–water partition coefficient (Wildman–Crippen LogP) is 5.53. The first kappa shape index (κ1) is 24.0. The zero-order valence-electron chi connectivity index (χ0n) is 19.9. The Bertz CT molecular complexity index is 1210. The van der Waals surface area contributed by atoms with Gasteiger partial charge in [0.05, 0.1) is 4.91 Å². The fourth-order valence-electron chi connectivity index (χ4n) is 4.54. The van der Waals surface area contributed by atoms with Gasteiger partial charge in [-0.2, -0.15) is 0 Å². The Balaban J connectivity index is 1.54. The van der Waals surface area contributed by atoms with Crippen LogP contribution in [-0.4, -0.2) is 41.1 Å². The molecule has 1 unspecified atom stereocenters. The summed E-state index contributed by atoms with van der Waals surface area (Å²) in [7, 11) is 2.10. The lowest BCUT2D eigenvalue weighted by Gasteiger charge is -2.45. The molecule has 2 aromatic carbocycles. The minimum absolute atomic E-state index is 0.0531. The van der Waals surface area contributed by atoms with Crippen LogP contribution in [0.4, 0.5) is 20.6 Å². The largest absolute Gasteiger partial charge is 0.369 e. The zero-order chi connectivity index (χ0) is 24.8. The molecule has 0 aromatic heterocycles. The van der Waals surface area contributed by atoms with Gasteiger partial charge in [0, 0.05) is 24.0 Å². The second kappa shape index (κ2) is 8.91. The number of amides is 3. The first-order chi connectivity index (χ1) is 16.0. The van der Waals surface area contributed by atoms with Crippen LogP contribution < -0.4 is 10.2 Å². The van der Waals surface area contributed by atoms with Crippen molar-refractivity contribution in [2.45, 2.75) is 45.6 Å². The Hall–Kier alpha value is -3.13. The minimum Gasteiger partial charge on any atom is -0.369 e. The number of anilines is 2. The Kier molecular flexibility index (Phi) is 6.29. The van der Waals surface area contributed by atoms with Crippen LogP contribution in [0.15, 0.2) is 41.3 Å². The molecule has 1 N–H and O–H groups in total. The van der Waals surface area contributed by atoms with Gasteiger partial charge < -0.3 is 10.2 Å². The average Bonchev–Trinajstić information content (AvgIpc) is 3.02. The van der Waals surface area contributed by atoms with Crippen LogP contribution in [0.5, 0.6) is 0 Å². The molecule has 2 aliphatic rings. The number of carbonyl (C=O) groups is 3. The number of hydrogen-bond donors (Lipinski definition) is 1. The van der Waals surface area contributed by atoms with E-state index < -0.39 is 29.4 Å². The molecule has 178 valence electrons. The summed E-state index contributed by atoms with van der Waals surface area (Å²) in [5.41, 5.74) is 4.75. The number of thioether (sulfide) groups is 1. The van der Waals surface area contributed by atoms with Crippen molar-refractivity contribution in [1.82, 2.24) is 4.90 Å². The number of aryl methyl sites for hydroxylation is 1. The van der Waals surface area contributed by atoms with E-state index in [0.717, 1.165) is 34.2 Å². The summed E-state index contributed by atoms with van der Waals surface area (Å²) in [6.45, 7) is 8.27. The Morgan fingerprint density at radius 2 is 1.91 bits per heavy atom. The molecule has 0 aliphatic carbocycles. The van der Waals surface area contributed by atoms with Gasteiger partial charge in [-0.15, -0.1) is 0 Å². The molecule has 0 spiro atoms. The normalized spacial score (nSPS) is 20.6. The molecule has 34 heavy (non-hydrogen) atoms. The first-order valence-electron chi connectivity index (χ1n) is 11.2. The summed E-state index contributed by atoms with van der Waals surface area (Å²) >= 11 is 0.833. The molecule has 2 heterocycles. The highest BCUT2D eigenvalue weighted by Gasteiger charge is 2.37. The lowest BCUT2D eigenvalue weighted by atomic mass is 9.79.